The third-order valence-electron chi connectivity index (χ3n) is 3.57. The van der Waals surface area contributed by atoms with Crippen molar-refractivity contribution in [3.8, 4) is 0 Å². The number of fused-ring (bicyclic) bond motifs is 1. The molecule has 0 bridgehead atoms. The number of carboxylic acid groups (broad SMARTS) is 1. The fraction of sp³-hybridized carbons (Fsp3) is 0.357. The predicted octanol–water partition coefficient (Wildman–Crippen LogP) is 2.37. The molecule has 0 aliphatic carbocycles. The van der Waals surface area contributed by atoms with Crippen molar-refractivity contribution in [2.45, 2.75) is 12.3 Å². The highest BCUT2D eigenvalue weighted by Crippen LogP contribution is 2.32. The molecule has 94 valence electrons. The van der Waals surface area contributed by atoms with Crippen LogP contribution in [0.5, 0.6) is 0 Å². The van der Waals surface area contributed by atoms with Crippen molar-refractivity contribution in [2.24, 2.45) is 5.92 Å². The lowest BCUT2D eigenvalue weighted by Gasteiger charge is -2.28. The van der Waals surface area contributed by atoms with E-state index in [1.165, 1.54) is 0 Å². The third-order valence-corrected chi connectivity index (χ3v) is 3.57. The number of rotatable bonds is 4. The van der Waals surface area contributed by atoms with Gasteiger partial charge in [-0.05, 0) is 18.1 Å². The maximum absolute atomic E-state index is 11.5. The smallest absolute Gasteiger partial charge is 0.311 e. The number of ether oxygens (including phenoxy) is 1. The number of hydrogen-bond donors (Lipinski definition) is 2. The van der Waals surface area contributed by atoms with Crippen molar-refractivity contribution in [1.82, 2.24) is 4.98 Å². The Hall–Kier alpha value is -1.81. The minimum absolute atomic E-state index is 0.375. The summed E-state index contributed by atoms with van der Waals surface area (Å²) in [5, 5.41) is 10.4. The van der Waals surface area contributed by atoms with Crippen molar-refractivity contribution in [3.63, 3.8) is 0 Å². The first kappa shape index (κ1) is 11.3. The largest absolute Gasteiger partial charge is 0.481 e. The number of hydrogen-bond acceptors (Lipinski definition) is 2. The Labute approximate surface area is 105 Å². The molecule has 1 fully saturated rings. The second-order valence-electron chi connectivity index (χ2n) is 4.82. The van der Waals surface area contributed by atoms with E-state index in [0.717, 1.165) is 16.5 Å². The first-order valence-electron chi connectivity index (χ1n) is 6.12. The van der Waals surface area contributed by atoms with Crippen molar-refractivity contribution in [3.05, 3.63) is 36.0 Å². The molecular formula is C14H15NO3. The summed E-state index contributed by atoms with van der Waals surface area (Å²) in [5.41, 5.74) is 1.87. The molecule has 4 heteroatoms. The van der Waals surface area contributed by atoms with Gasteiger partial charge in [0.05, 0.1) is 19.1 Å². The summed E-state index contributed by atoms with van der Waals surface area (Å²) in [5.74, 6) is -0.832. The van der Waals surface area contributed by atoms with Gasteiger partial charge in [-0.15, -0.1) is 0 Å². The Morgan fingerprint density at radius 1 is 1.44 bits per heavy atom. The van der Waals surface area contributed by atoms with Crippen LogP contribution in [0.25, 0.3) is 10.9 Å². The molecule has 1 unspecified atom stereocenters. The van der Waals surface area contributed by atoms with Crippen molar-refractivity contribution >= 4 is 16.9 Å². The Kier molecular flexibility index (Phi) is 2.80. The van der Waals surface area contributed by atoms with Crippen LogP contribution in [0.4, 0.5) is 0 Å². The molecule has 1 aromatic heterocycles. The van der Waals surface area contributed by atoms with E-state index >= 15 is 0 Å². The number of carboxylic acids is 1. The van der Waals surface area contributed by atoms with Crippen LogP contribution < -0.4 is 0 Å². The highest BCUT2D eigenvalue weighted by Gasteiger charge is 2.29. The Bertz CT molecular complexity index is 571. The molecule has 4 nitrogen and oxygen atoms in total. The standard InChI is InChI=1S/C14H15NO3/c16-14(17)11(5-9-7-18-8-9)12-6-15-13-4-2-1-3-10(12)13/h1-4,6,9,11,15H,5,7-8H2,(H,16,17). The zero-order valence-corrected chi connectivity index (χ0v) is 9.93. The van der Waals surface area contributed by atoms with Crippen LogP contribution in [0.1, 0.15) is 17.9 Å². The third kappa shape index (κ3) is 1.88. The molecule has 0 saturated carbocycles. The lowest BCUT2D eigenvalue weighted by atomic mass is 9.88. The second kappa shape index (κ2) is 4.46. The Morgan fingerprint density at radius 3 is 2.89 bits per heavy atom. The van der Waals surface area contributed by atoms with Crippen LogP contribution >= 0.6 is 0 Å². The Morgan fingerprint density at radius 2 is 2.22 bits per heavy atom. The van der Waals surface area contributed by atoms with Crippen molar-refractivity contribution < 1.29 is 14.6 Å². The number of aromatic amines is 1. The maximum atomic E-state index is 11.5. The number of carbonyl (C=O) groups is 1. The normalized spacial score (nSPS) is 17.6. The molecular weight excluding hydrogens is 230 g/mol. The molecule has 1 aliphatic rings. The van der Waals surface area contributed by atoms with E-state index in [1.807, 2.05) is 30.5 Å². The molecule has 0 spiro atoms. The molecule has 18 heavy (non-hydrogen) atoms. The van der Waals surface area contributed by atoms with Crippen LogP contribution in [0, 0.1) is 5.92 Å². The van der Waals surface area contributed by atoms with Crippen molar-refractivity contribution in [2.75, 3.05) is 13.2 Å². The summed E-state index contributed by atoms with van der Waals surface area (Å²) in [4.78, 5) is 14.6. The van der Waals surface area contributed by atoms with E-state index in [-0.39, 0.29) is 0 Å². The number of aromatic nitrogens is 1. The van der Waals surface area contributed by atoms with E-state index in [0.29, 0.717) is 25.6 Å². The summed E-state index contributed by atoms with van der Waals surface area (Å²) >= 11 is 0. The van der Waals surface area contributed by atoms with Gasteiger partial charge in [-0.2, -0.15) is 0 Å². The predicted molar refractivity (Wildman–Crippen MR) is 67.6 cm³/mol. The van der Waals surface area contributed by atoms with Gasteiger partial charge in [-0.3, -0.25) is 4.79 Å². The summed E-state index contributed by atoms with van der Waals surface area (Å²) in [6.07, 6.45) is 2.47. The van der Waals surface area contributed by atoms with Gasteiger partial charge in [0.25, 0.3) is 0 Å². The average molecular weight is 245 g/mol. The van der Waals surface area contributed by atoms with Gasteiger partial charge in [0.15, 0.2) is 0 Å². The van der Waals surface area contributed by atoms with Gasteiger partial charge in [0.1, 0.15) is 0 Å². The molecule has 2 aromatic rings. The van der Waals surface area contributed by atoms with Gasteiger partial charge in [-0.1, -0.05) is 18.2 Å². The van der Waals surface area contributed by atoms with Crippen LogP contribution in [0.3, 0.4) is 0 Å². The molecule has 0 radical (unpaired) electrons. The SMILES string of the molecule is O=C(O)C(CC1COC1)c1c[nH]c2ccccc12. The van der Waals surface area contributed by atoms with E-state index < -0.39 is 11.9 Å². The molecule has 1 aromatic carbocycles. The maximum Gasteiger partial charge on any atom is 0.311 e. The number of aliphatic carboxylic acids is 1. The highest BCUT2D eigenvalue weighted by molar-refractivity contribution is 5.89. The summed E-state index contributed by atoms with van der Waals surface area (Å²) in [6.45, 7) is 1.37. The minimum atomic E-state index is -0.758. The molecule has 3 rings (SSSR count). The van der Waals surface area contributed by atoms with Gasteiger partial charge in [0.2, 0.25) is 0 Å². The monoisotopic (exact) mass is 245 g/mol. The molecule has 1 atom stereocenters. The fourth-order valence-corrected chi connectivity index (χ4v) is 2.50. The minimum Gasteiger partial charge on any atom is -0.481 e. The van der Waals surface area contributed by atoms with Crippen LogP contribution in [0.15, 0.2) is 30.5 Å². The molecule has 1 saturated heterocycles. The van der Waals surface area contributed by atoms with Crippen molar-refractivity contribution in [1.29, 1.82) is 0 Å². The lowest BCUT2D eigenvalue weighted by molar-refractivity contribution is -0.140. The van der Waals surface area contributed by atoms with Crippen LogP contribution in [-0.4, -0.2) is 29.3 Å². The molecule has 1 aliphatic heterocycles. The highest BCUT2D eigenvalue weighted by atomic mass is 16.5. The number of para-hydroxylation sites is 1. The summed E-state index contributed by atoms with van der Waals surface area (Å²) < 4.78 is 5.12. The zero-order valence-electron chi connectivity index (χ0n) is 9.93. The summed E-state index contributed by atoms with van der Waals surface area (Å²) in [6, 6.07) is 7.81. The van der Waals surface area contributed by atoms with E-state index in [1.54, 1.807) is 0 Å². The molecule has 2 N–H and O–H groups in total. The summed E-state index contributed by atoms with van der Waals surface area (Å²) in [7, 11) is 0. The van der Waals surface area contributed by atoms with E-state index in [2.05, 4.69) is 4.98 Å². The van der Waals surface area contributed by atoms with E-state index in [9.17, 15) is 9.90 Å². The van der Waals surface area contributed by atoms with Crippen LogP contribution in [0.2, 0.25) is 0 Å². The second-order valence-corrected chi connectivity index (χ2v) is 4.82. The van der Waals surface area contributed by atoms with Gasteiger partial charge in [-0.25, -0.2) is 0 Å². The fourth-order valence-electron chi connectivity index (χ4n) is 2.50. The number of H-pyrrole nitrogens is 1. The quantitative estimate of drug-likeness (QED) is 0.869. The average Bonchev–Trinajstić information content (AvgIpc) is 2.71. The lowest BCUT2D eigenvalue weighted by Crippen LogP contribution is -2.30. The van der Waals surface area contributed by atoms with Crippen LogP contribution in [-0.2, 0) is 9.53 Å². The van der Waals surface area contributed by atoms with E-state index in [4.69, 9.17) is 4.74 Å². The van der Waals surface area contributed by atoms with Gasteiger partial charge in [0, 0.05) is 23.0 Å². The molecule has 2 heterocycles. The first-order chi connectivity index (χ1) is 8.75. The zero-order chi connectivity index (χ0) is 12.5. The van der Waals surface area contributed by atoms with Gasteiger partial charge < -0.3 is 14.8 Å². The topological polar surface area (TPSA) is 62.3 Å². The Balaban J connectivity index is 1.95. The number of benzene rings is 1. The van der Waals surface area contributed by atoms with Gasteiger partial charge >= 0.3 is 5.97 Å². The first-order valence-corrected chi connectivity index (χ1v) is 6.12. The molecule has 0 amide bonds. The number of nitrogens with one attached hydrogen (secondary N) is 1.